The van der Waals surface area contributed by atoms with Crippen LogP contribution in [0.2, 0.25) is 0 Å². The van der Waals surface area contributed by atoms with Crippen molar-refractivity contribution in [1.29, 1.82) is 0 Å². The summed E-state index contributed by atoms with van der Waals surface area (Å²) in [7, 11) is -4.69. The van der Waals surface area contributed by atoms with Gasteiger partial charge in [0.1, 0.15) is 5.52 Å². The first-order valence-electron chi connectivity index (χ1n) is 4.12. The summed E-state index contributed by atoms with van der Waals surface area (Å²) in [6.45, 7) is 0. The molecule has 0 unspecified atom stereocenters. The molecule has 18 heavy (non-hydrogen) atoms. The maximum atomic E-state index is 11.1. The molecule has 10 heteroatoms. The Morgan fingerprint density at radius 3 is 2.22 bits per heavy atom. The molecular formula is C8H7ClMnN2O6. The number of aromatic nitrogens is 2. The predicted molar refractivity (Wildman–Crippen MR) is 46.3 cm³/mol. The molecule has 0 atom stereocenters. The summed E-state index contributed by atoms with van der Waals surface area (Å²) >= 11 is 0. The van der Waals surface area contributed by atoms with E-state index in [0.717, 1.165) is 0 Å². The SMILES string of the molecule is O=[n+]1ccn([O-])c2ccccc21.[Mn].[O-][Cl+3]([O-])([O-])O. The van der Waals surface area contributed by atoms with E-state index in [1.54, 1.807) is 24.3 Å². The van der Waals surface area contributed by atoms with Crippen LogP contribution in [-0.4, -0.2) is 9.39 Å². The summed E-state index contributed by atoms with van der Waals surface area (Å²) in [4.78, 5) is 11.1. The van der Waals surface area contributed by atoms with Crippen LogP contribution in [-0.2, 0) is 17.1 Å². The van der Waals surface area contributed by atoms with Gasteiger partial charge in [0.05, 0.1) is 25.5 Å². The van der Waals surface area contributed by atoms with Gasteiger partial charge in [0.25, 0.3) is 5.52 Å². The first-order chi connectivity index (χ1) is 7.79. The van der Waals surface area contributed by atoms with E-state index in [9.17, 15) is 10.1 Å². The van der Waals surface area contributed by atoms with E-state index in [4.69, 9.17) is 18.6 Å². The molecule has 0 saturated heterocycles. The summed E-state index contributed by atoms with van der Waals surface area (Å²) in [6.07, 6.45) is 2.38. The van der Waals surface area contributed by atoms with Gasteiger partial charge in [-0.2, -0.15) is 14.0 Å². The fraction of sp³-hybridized carbons (Fsp3) is 0. The van der Waals surface area contributed by atoms with Crippen molar-refractivity contribution in [2.24, 2.45) is 0 Å². The van der Waals surface area contributed by atoms with Crippen molar-refractivity contribution < 1.29 is 50.4 Å². The molecule has 0 fully saturated rings. The smallest absolute Gasteiger partial charge is 0.285 e. The monoisotopic (exact) mass is 317 g/mol. The summed E-state index contributed by atoms with van der Waals surface area (Å²) in [6, 6.07) is 6.65. The van der Waals surface area contributed by atoms with Gasteiger partial charge >= 0.3 is 0 Å². The first-order valence-corrected chi connectivity index (χ1v) is 5.39. The van der Waals surface area contributed by atoms with E-state index in [1.165, 1.54) is 12.4 Å². The van der Waals surface area contributed by atoms with E-state index in [0.29, 0.717) is 20.2 Å². The zero-order chi connectivity index (χ0) is 13.1. The number of halogens is 1. The molecule has 0 spiro atoms. The molecule has 0 saturated carbocycles. The zero-order valence-corrected chi connectivity index (χ0v) is 10.5. The quantitative estimate of drug-likeness (QED) is 0.400. The second kappa shape index (κ2) is 6.66. The van der Waals surface area contributed by atoms with Crippen molar-refractivity contribution in [3.8, 4) is 0 Å². The molecule has 0 aliphatic rings. The molecule has 0 amide bonds. The summed E-state index contributed by atoms with van der Waals surface area (Å²) in [5, 5.41) is 11.1. The first kappa shape index (κ1) is 16.8. The van der Waals surface area contributed by atoms with Crippen molar-refractivity contribution in [2.45, 2.75) is 0 Å². The Morgan fingerprint density at radius 2 is 1.72 bits per heavy atom. The molecule has 1 heterocycles. The third kappa shape index (κ3) is 5.43. The Labute approximate surface area is 113 Å². The Bertz CT molecular complexity index is 563. The fourth-order valence-corrected chi connectivity index (χ4v) is 1.12. The Hall–Kier alpha value is -1.19. The molecule has 99 valence electrons. The van der Waals surface area contributed by atoms with Crippen LogP contribution in [0, 0.1) is 20.4 Å². The van der Waals surface area contributed by atoms with Crippen LogP contribution in [0.4, 0.5) is 0 Å². The normalized spacial score (nSPS) is 10.2. The molecule has 2 aromatic rings. The van der Waals surface area contributed by atoms with Crippen molar-refractivity contribution in [1.82, 2.24) is 4.73 Å². The van der Waals surface area contributed by atoms with E-state index < -0.39 is 10.2 Å². The number of rotatable bonds is 0. The summed E-state index contributed by atoms with van der Waals surface area (Å²) in [5.41, 5.74) is 0.769. The standard InChI is InChI=1S/C8H6N2O2.ClHO4.Mn/c11-9-5-6-10(12)8-4-2-1-3-7(8)9;2-1(3,4)5;/h1-6H;(H,2,3,4,5);. The number of benzene rings is 1. The average molecular weight is 318 g/mol. The van der Waals surface area contributed by atoms with Crippen molar-refractivity contribution in [3.05, 3.63) is 46.8 Å². The Morgan fingerprint density at radius 1 is 1.22 bits per heavy atom. The predicted octanol–water partition coefficient (Wildman–Crippen LogP) is -3.22. The van der Waals surface area contributed by atoms with Gasteiger partial charge < -0.3 is 9.94 Å². The second-order valence-electron chi connectivity index (χ2n) is 2.83. The Kier molecular flexibility index (Phi) is 6.22. The third-order valence-corrected chi connectivity index (χ3v) is 1.69. The van der Waals surface area contributed by atoms with Crippen LogP contribution < -0.4 is 18.4 Å². The number of nitrogens with zero attached hydrogens (tertiary/aromatic N) is 2. The van der Waals surface area contributed by atoms with Crippen LogP contribution in [0.5, 0.6) is 0 Å². The third-order valence-electron chi connectivity index (χ3n) is 1.69. The summed E-state index contributed by atoms with van der Waals surface area (Å²) in [5.74, 6) is 0. The van der Waals surface area contributed by atoms with Crippen LogP contribution in [0.15, 0.2) is 36.7 Å². The van der Waals surface area contributed by atoms with Gasteiger partial charge in [-0.05, 0) is 6.07 Å². The molecule has 1 radical (unpaired) electrons. The number of hydrogen-bond acceptors (Lipinski definition) is 6. The molecular weight excluding hydrogens is 310 g/mol. The number of hydrogen-bond donors (Lipinski definition) is 1. The van der Waals surface area contributed by atoms with Gasteiger partial charge in [0, 0.05) is 28.0 Å². The van der Waals surface area contributed by atoms with Crippen LogP contribution in [0.3, 0.4) is 0 Å². The molecule has 8 nitrogen and oxygen atoms in total. The van der Waals surface area contributed by atoms with E-state index in [-0.39, 0.29) is 17.1 Å². The molecule has 0 aliphatic carbocycles. The molecule has 1 aromatic carbocycles. The van der Waals surface area contributed by atoms with Gasteiger partial charge in [0.15, 0.2) is 0 Å². The van der Waals surface area contributed by atoms with Gasteiger partial charge in [-0.25, -0.2) is 0 Å². The van der Waals surface area contributed by atoms with Gasteiger partial charge in [0.2, 0.25) is 6.20 Å². The minimum atomic E-state index is -4.69. The average Bonchev–Trinajstić information content (AvgIpc) is 2.22. The minimum absolute atomic E-state index is 0. The topological polar surface area (TPSA) is 140 Å². The van der Waals surface area contributed by atoms with E-state index in [1.807, 2.05) is 0 Å². The maximum Gasteiger partial charge on any atom is 0.285 e. The van der Waals surface area contributed by atoms with Crippen molar-refractivity contribution in [2.75, 3.05) is 0 Å². The summed E-state index contributed by atoms with van der Waals surface area (Å²) < 4.78 is 34.1. The second-order valence-corrected chi connectivity index (χ2v) is 3.63. The molecule has 1 N–H and O–H groups in total. The van der Waals surface area contributed by atoms with Crippen LogP contribution >= 0.6 is 0 Å². The molecule has 0 bridgehead atoms. The number of fused-ring (bicyclic) bond motifs is 1. The minimum Gasteiger partial charge on any atom is -0.805 e. The zero-order valence-electron chi connectivity index (χ0n) is 8.60. The molecule has 0 aliphatic heterocycles. The van der Waals surface area contributed by atoms with Gasteiger partial charge in [-0.15, -0.1) is 0 Å². The number of para-hydroxylation sites is 2. The van der Waals surface area contributed by atoms with Gasteiger partial charge in [-0.3, -0.25) is 0 Å². The maximum absolute atomic E-state index is 11.1. The fourth-order valence-electron chi connectivity index (χ4n) is 1.12. The van der Waals surface area contributed by atoms with Crippen LogP contribution in [0.1, 0.15) is 0 Å². The molecule has 2 rings (SSSR count). The van der Waals surface area contributed by atoms with Crippen molar-refractivity contribution in [3.63, 3.8) is 0 Å². The Balaban J connectivity index is 0.000000421. The van der Waals surface area contributed by atoms with Crippen molar-refractivity contribution >= 4 is 11.0 Å². The largest absolute Gasteiger partial charge is 0.805 e. The van der Waals surface area contributed by atoms with Crippen LogP contribution in [0.25, 0.3) is 11.0 Å². The van der Waals surface area contributed by atoms with Gasteiger partial charge in [-0.1, -0.05) is 12.1 Å². The van der Waals surface area contributed by atoms with E-state index >= 15 is 0 Å². The van der Waals surface area contributed by atoms with E-state index in [2.05, 4.69) is 0 Å². The molecule has 1 aromatic heterocycles.